The number of hydrogen-bond acceptors (Lipinski definition) is 2. The number of rotatable bonds is 3. The monoisotopic (exact) mass is 239 g/mol. The minimum absolute atomic E-state index is 0.255. The molecule has 0 fully saturated rings. The molecule has 0 saturated carbocycles. The molecule has 3 nitrogen and oxygen atoms in total. The average molecular weight is 240 g/mol. The van der Waals surface area contributed by atoms with Crippen molar-refractivity contribution in [2.75, 3.05) is 5.32 Å². The highest BCUT2D eigenvalue weighted by Gasteiger charge is 2.09. The van der Waals surface area contributed by atoms with Gasteiger partial charge in [0.05, 0.1) is 10.7 Å². The van der Waals surface area contributed by atoms with E-state index in [0.29, 0.717) is 11.0 Å². The van der Waals surface area contributed by atoms with Crippen LogP contribution in [0.25, 0.3) is 0 Å². The zero-order valence-electron chi connectivity index (χ0n) is 8.74. The van der Waals surface area contributed by atoms with Crippen molar-refractivity contribution in [1.29, 1.82) is 0 Å². The maximum Gasteiger partial charge on any atom is 0.207 e. The number of imidazole rings is 1. The molecule has 1 aromatic carbocycles. The Morgan fingerprint density at radius 3 is 3.00 bits per heavy atom. The average Bonchev–Trinajstić information content (AvgIpc) is 2.71. The van der Waals surface area contributed by atoms with Crippen LogP contribution in [0.2, 0.25) is 5.02 Å². The summed E-state index contributed by atoms with van der Waals surface area (Å²) in [6.07, 6.45) is 3.47. The van der Waals surface area contributed by atoms with Crippen molar-refractivity contribution in [3.63, 3.8) is 0 Å². The van der Waals surface area contributed by atoms with Crippen LogP contribution in [0.15, 0.2) is 30.6 Å². The summed E-state index contributed by atoms with van der Waals surface area (Å²) in [6, 6.07) is 4.55. The summed E-state index contributed by atoms with van der Waals surface area (Å²) >= 11 is 5.90. The predicted molar refractivity (Wildman–Crippen MR) is 62.6 cm³/mol. The van der Waals surface area contributed by atoms with Gasteiger partial charge in [-0.25, -0.2) is 9.37 Å². The minimum atomic E-state index is -0.391. The number of hydrogen-bond donors (Lipinski definition) is 1. The van der Waals surface area contributed by atoms with E-state index >= 15 is 0 Å². The molecule has 0 amide bonds. The molecule has 84 valence electrons. The van der Waals surface area contributed by atoms with E-state index in [1.165, 1.54) is 6.07 Å². The zero-order valence-corrected chi connectivity index (χ0v) is 9.50. The van der Waals surface area contributed by atoms with Crippen molar-refractivity contribution >= 4 is 23.2 Å². The molecule has 0 atom stereocenters. The van der Waals surface area contributed by atoms with Gasteiger partial charge in [0, 0.05) is 18.9 Å². The van der Waals surface area contributed by atoms with Gasteiger partial charge in [0.25, 0.3) is 0 Å². The molecular formula is C11H11ClFN3. The number of aromatic nitrogens is 2. The van der Waals surface area contributed by atoms with E-state index in [1.807, 2.05) is 17.7 Å². The second-order valence-electron chi connectivity index (χ2n) is 3.26. The molecule has 2 rings (SSSR count). The lowest BCUT2D eigenvalue weighted by atomic mass is 10.3. The highest BCUT2D eigenvalue weighted by atomic mass is 35.5. The van der Waals surface area contributed by atoms with Crippen LogP contribution < -0.4 is 5.32 Å². The van der Waals surface area contributed by atoms with Gasteiger partial charge in [0.15, 0.2) is 0 Å². The molecule has 0 aliphatic rings. The Bertz CT molecular complexity index is 475. The summed E-state index contributed by atoms with van der Waals surface area (Å²) in [5.41, 5.74) is 0.255. The van der Waals surface area contributed by atoms with Crippen molar-refractivity contribution in [2.45, 2.75) is 13.5 Å². The lowest BCUT2D eigenvalue weighted by Gasteiger charge is -2.09. The first-order valence-electron chi connectivity index (χ1n) is 4.94. The minimum Gasteiger partial charge on any atom is -0.322 e. The van der Waals surface area contributed by atoms with Crippen LogP contribution in [-0.2, 0) is 6.54 Å². The number of nitrogens with zero attached hydrogens (tertiary/aromatic N) is 2. The van der Waals surface area contributed by atoms with Crippen LogP contribution in [0.1, 0.15) is 6.92 Å². The molecule has 0 unspecified atom stereocenters. The predicted octanol–water partition coefficient (Wildman–Crippen LogP) is 3.44. The SMILES string of the molecule is CCn1ccnc1Nc1c(F)cccc1Cl. The van der Waals surface area contributed by atoms with E-state index in [-0.39, 0.29) is 5.69 Å². The van der Waals surface area contributed by atoms with E-state index in [1.54, 1.807) is 18.3 Å². The van der Waals surface area contributed by atoms with E-state index in [9.17, 15) is 4.39 Å². The standard InChI is InChI=1S/C11H11ClFN3/c1-2-16-7-6-14-11(16)15-10-8(12)4-3-5-9(10)13/h3-7H,2H2,1H3,(H,14,15). The van der Waals surface area contributed by atoms with Crippen LogP contribution >= 0.6 is 11.6 Å². The van der Waals surface area contributed by atoms with Crippen LogP contribution in [0, 0.1) is 5.82 Å². The summed E-state index contributed by atoms with van der Waals surface area (Å²) < 4.78 is 15.4. The molecule has 1 N–H and O–H groups in total. The van der Waals surface area contributed by atoms with Gasteiger partial charge < -0.3 is 9.88 Å². The first kappa shape index (κ1) is 11.0. The van der Waals surface area contributed by atoms with Gasteiger partial charge in [0.1, 0.15) is 5.82 Å². The van der Waals surface area contributed by atoms with E-state index < -0.39 is 5.82 Å². The van der Waals surface area contributed by atoms with Crippen molar-refractivity contribution in [2.24, 2.45) is 0 Å². The summed E-state index contributed by atoms with van der Waals surface area (Å²) in [7, 11) is 0. The Labute approximate surface area is 97.9 Å². The zero-order chi connectivity index (χ0) is 11.5. The highest BCUT2D eigenvalue weighted by molar-refractivity contribution is 6.33. The maximum absolute atomic E-state index is 13.5. The van der Waals surface area contributed by atoms with Gasteiger partial charge in [-0.15, -0.1) is 0 Å². The number of anilines is 2. The fourth-order valence-corrected chi connectivity index (χ4v) is 1.63. The molecule has 1 aromatic heterocycles. The van der Waals surface area contributed by atoms with Crippen LogP contribution in [0.4, 0.5) is 16.0 Å². The largest absolute Gasteiger partial charge is 0.322 e. The third-order valence-corrected chi connectivity index (χ3v) is 2.57. The van der Waals surface area contributed by atoms with Gasteiger partial charge in [-0.1, -0.05) is 17.7 Å². The molecule has 0 saturated heterocycles. The van der Waals surface area contributed by atoms with E-state index in [0.717, 1.165) is 6.54 Å². The molecular weight excluding hydrogens is 229 g/mol. The lowest BCUT2D eigenvalue weighted by molar-refractivity contribution is 0.631. The van der Waals surface area contributed by atoms with Gasteiger partial charge in [0.2, 0.25) is 5.95 Å². The van der Waals surface area contributed by atoms with Crippen LogP contribution in [-0.4, -0.2) is 9.55 Å². The number of halogens is 2. The fourth-order valence-electron chi connectivity index (χ4n) is 1.42. The Balaban J connectivity index is 2.34. The number of benzene rings is 1. The summed E-state index contributed by atoms with van der Waals surface area (Å²) in [6.45, 7) is 2.74. The van der Waals surface area contributed by atoms with Crippen molar-refractivity contribution in [1.82, 2.24) is 9.55 Å². The van der Waals surface area contributed by atoms with Crippen molar-refractivity contribution in [3.8, 4) is 0 Å². The number of nitrogens with one attached hydrogen (secondary N) is 1. The lowest BCUT2D eigenvalue weighted by Crippen LogP contribution is -2.03. The third kappa shape index (κ3) is 2.02. The van der Waals surface area contributed by atoms with Gasteiger partial charge in [-0.2, -0.15) is 0 Å². The number of aryl methyl sites for hydroxylation is 1. The molecule has 5 heteroatoms. The molecule has 1 heterocycles. The van der Waals surface area contributed by atoms with Crippen molar-refractivity contribution in [3.05, 3.63) is 41.4 Å². The van der Waals surface area contributed by atoms with Gasteiger partial charge in [-0.05, 0) is 19.1 Å². The summed E-state index contributed by atoms with van der Waals surface area (Å²) in [5.74, 6) is 0.188. The second-order valence-corrected chi connectivity index (χ2v) is 3.67. The maximum atomic E-state index is 13.5. The van der Waals surface area contributed by atoms with Crippen LogP contribution in [0.5, 0.6) is 0 Å². The number of para-hydroxylation sites is 1. The van der Waals surface area contributed by atoms with Crippen LogP contribution in [0.3, 0.4) is 0 Å². The summed E-state index contributed by atoms with van der Waals surface area (Å²) in [4.78, 5) is 4.09. The Kier molecular flexibility index (Phi) is 3.10. The first-order valence-corrected chi connectivity index (χ1v) is 5.32. The Morgan fingerprint density at radius 2 is 2.31 bits per heavy atom. The quantitative estimate of drug-likeness (QED) is 0.889. The molecule has 16 heavy (non-hydrogen) atoms. The second kappa shape index (κ2) is 4.53. The fraction of sp³-hybridized carbons (Fsp3) is 0.182. The smallest absolute Gasteiger partial charge is 0.207 e. The van der Waals surface area contributed by atoms with Gasteiger partial charge >= 0.3 is 0 Å². The molecule has 0 spiro atoms. The third-order valence-electron chi connectivity index (χ3n) is 2.26. The normalized spacial score (nSPS) is 10.4. The molecule has 0 bridgehead atoms. The topological polar surface area (TPSA) is 29.9 Å². The van der Waals surface area contributed by atoms with E-state index in [2.05, 4.69) is 10.3 Å². The summed E-state index contributed by atoms with van der Waals surface area (Å²) in [5, 5.41) is 3.22. The Hall–Kier alpha value is -1.55. The Morgan fingerprint density at radius 1 is 1.50 bits per heavy atom. The molecule has 0 radical (unpaired) electrons. The molecule has 0 aliphatic heterocycles. The van der Waals surface area contributed by atoms with Crippen molar-refractivity contribution < 1.29 is 4.39 Å². The first-order chi connectivity index (χ1) is 7.72. The van der Waals surface area contributed by atoms with Gasteiger partial charge in [-0.3, -0.25) is 0 Å². The molecule has 2 aromatic rings. The molecule has 0 aliphatic carbocycles. The highest BCUT2D eigenvalue weighted by Crippen LogP contribution is 2.27. The van der Waals surface area contributed by atoms with E-state index in [4.69, 9.17) is 11.6 Å².